The molecule has 0 N–H and O–H groups in total. The topological polar surface area (TPSA) is 78.9 Å². The van der Waals surface area contributed by atoms with Crippen LogP contribution in [0.2, 0.25) is 0 Å². The Morgan fingerprint density at radius 3 is 1.31 bits per heavy atom. The van der Waals surface area contributed by atoms with Crippen LogP contribution in [0.5, 0.6) is 0 Å². The van der Waals surface area contributed by atoms with Gasteiger partial charge in [0, 0.05) is 19.3 Å². The van der Waals surface area contributed by atoms with E-state index < -0.39 is 6.10 Å². The predicted molar refractivity (Wildman–Crippen MR) is 215 cm³/mol. The van der Waals surface area contributed by atoms with E-state index in [0.29, 0.717) is 25.7 Å². The fourth-order valence-electron chi connectivity index (χ4n) is 5.34. The second-order valence-corrected chi connectivity index (χ2v) is 13.5. The minimum Gasteiger partial charge on any atom is -0.462 e. The van der Waals surface area contributed by atoms with Gasteiger partial charge in [0.05, 0.1) is 0 Å². The highest BCUT2D eigenvalue weighted by atomic mass is 16.6. The third-order valence-electron chi connectivity index (χ3n) is 8.48. The number of carbonyl (C=O) groups excluding carboxylic acids is 3. The zero-order valence-electron chi connectivity index (χ0n) is 33.1. The number of ether oxygens (including phenoxy) is 3. The van der Waals surface area contributed by atoms with Crippen molar-refractivity contribution in [3.05, 3.63) is 60.8 Å². The van der Waals surface area contributed by atoms with Crippen LogP contribution in [0.25, 0.3) is 0 Å². The van der Waals surface area contributed by atoms with Gasteiger partial charge < -0.3 is 14.2 Å². The SMILES string of the molecule is CC/C=C\C/C=C\C/C=C\CCCC(=O)OC(COC(=O)CCC/C=C\CCCCCC)COC(=O)CCCCC/C=C\CCCCCCCC. The minimum atomic E-state index is -0.812. The van der Waals surface area contributed by atoms with Crippen LogP contribution in [0, 0.1) is 0 Å². The Morgan fingerprint density at radius 2 is 0.784 bits per heavy atom. The molecule has 292 valence electrons. The first-order valence-corrected chi connectivity index (χ1v) is 20.8. The van der Waals surface area contributed by atoms with E-state index in [1.807, 2.05) is 0 Å². The second kappa shape index (κ2) is 39.9. The molecule has 0 spiro atoms. The summed E-state index contributed by atoms with van der Waals surface area (Å²) in [4.78, 5) is 37.5. The van der Waals surface area contributed by atoms with Gasteiger partial charge in [0.15, 0.2) is 6.10 Å². The smallest absolute Gasteiger partial charge is 0.306 e. The predicted octanol–water partition coefficient (Wildman–Crippen LogP) is 13.0. The van der Waals surface area contributed by atoms with Gasteiger partial charge in [-0.05, 0) is 89.9 Å². The van der Waals surface area contributed by atoms with Crippen LogP contribution in [-0.2, 0) is 28.6 Å². The number of hydrogen-bond acceptors (Lipinski definition) is 6. The van der Waals surface area contributed by atoms with Crippen molar-refractivity contribution in [2.24, 2.45) is 0 Å². The van der Waals surface area contributed by atoms with Crippen molar-refractivity contribution in [3.63, 3.8) is 0 Å². The van der Waals surface area contributed by atoms with Gasteiger partial charge in [-0.2, -0.15) is 0 Å². The van der Waals surface area contributed by atoms with Crippen molar-refractivity contribution in [2.75, 3.05) is 13.2 Å². The summed E-state index contributed by atoms with van der Waals surface area (Å²) in [6.07, 6.45) is 46.5. The Hall–Kier alpha value is -2.89. The lowest BCUT2D eigenvalue weighted by Crippen LogP contribution is -2.30. The molecule has 0 saturated carbocycles. The maximum atomic E-state index is 12.6. The largest absolute Gasteiger partial charge is 0.462 e. The zero-order valence-corrected chi connectivity index (χ0v) is 33.1. The molecule has 1 unspecified atom stereocenters. The van der Waals surface area contributed by atoms with E-state index in [2.05, 4.69) is 81.5 Å². The first-order valence-electron chi connectivity index (χ1n) is 20.8. The van der Waals surface area contributed by atoms with Gasteiger partial charge in [-0.1, -0.05) is 139 Å². The molecule has 0 aliphatic heterocycles. The fraction of sp³-hybridized carbons (Fsp3) is 0.711. The molecule has 0 saturated heterocycles. The molecule has 0 amide bonds. The van der Waals surface area contributed by atoms with Gasteiger partial charge in [-0.15, -0.1) is 0 Å². The first kappa shape index (κ1) is 48.1. The van der Waals surface area contributed by atoms with Gasteiger partial charge >= 0.3 is 17.9 Å². The Balaban J connectivity index is 4.49. The van der Waals surface area contributed by atoms with Crippen molar-refractivity contribution < 1.29 is 28.6 Å². The molecule has 6 nitrogen and oxygen atoms in total. The lowest BCUT2D eigenvalue weighted by atomic mass is 10.1. The maximum Gasteiger partial charge on any atom is 0.306 e. The molecular formula is C45H76O6. The van der Waals surface area contributed by atoms with E-state index in [1.165, 1.54) is 64.2 Å². The van der Waals surface area contributed by atoms with Crippen LogP contribution in [0.1, 0.15) is 188 Å². The van der Waals surface area contributed by atoms with Gasteiger partial charge in [0.1, 0.15) is 13.2 Å². The van der Waals surface area contributed by atoms with Gasteiger partial charge in [0.25, 0.3) is 0 Å². The zero-order chi connectivity index (χ0) is 37.3. The molecule has 0 aromatic carbocycles. The average Bonchev–Trinajstić information content (AvgIpc) is 3.12. The molecule has 51 heavy (non-hydrogen) atoms. The number of allylic oxidation sites excluding steroid dienone is 10. The summed E-state index contributed by atoms with van der Waals surface area (Å²) < 4.78 is 16.5. The molecule has 0 bridgehead atoms. The van der Waals surface area contributed by atoms with Gasteiger partial charge in [-0.25, -0.2) is 0 Å². The van der Waals surface area contributed by atoms with Crippen LogP contribution >= 0.6 is 0 Å². The fourth-order valence-corrected chi connectivity index (χ4v) is 5.34. The maximum absolute atomic E-state index is 12.6. The molecule has 6 heteroatoms. The Labute approximate surface area is 313 Å². The number of esters is 3. The molecule has 1 atom stereocenters. The highest BCUT2D eigenvalue weighted by Gasteiger charge is 2.19. The number of rotatable bonds is 36. The standard InChI is InChI=1S/C45H76O6/c1-4-7-10-13-16-19-21-22-24-26-29-32-35-38-44(47)50-41-42(40-49-43(46)37-34-31-28-25-18-15-12-9-6-3)51-45(48)39-36-33-30-27-23-20-17-14-11-8-5-2/h8,11,17,20,22,24-25,27-28,30,42H,4-7,9-10,12-16,18-19,21,23,26,29,31-41H2,1-3H3/b11-8-,20-17-,24-22-,28-25-,30-27-. The van der Waals surface area contributed by atoms with E-state index in [4.69, 9.17) is 14.2 Å². The lowest BCUT2D eigenvalue weighted by molar-refractivity contribution is -0.167. The molecule has 0 fully saturated rings. The third kappa shape index (κ3) is 38.2. The highest BCUT2D eigenvalue weighted by molar-refractivity contribution is 5.71. The minimum absolute atomic E-state index is 0.112. The number of hydrogen-bond donors (Lipinski definition) is 0. The van der Waals surface area contributed by atoms with Crippen LogP contribution in [0.4, 0.5) is 0 Å². The summed E-state index contributed by atoms with van der Waals surface area (Å²) in [5, 5.41) is 0. The number of carbonyl (C=O) groups is 3. The quantitative estimate of drug-likeness (QED) is 0.0278. The molecule has 0 radical (unpaired) electrons. The van der Waals surface area contributed by atoms with E-state index in [-0.39, 0.29) is 37.5 Å². The molecule has 0 aliphatic carbocycles. The lowest BCUT2D eigenvalue weighted by Gasteiger charge is -2.18. The van der Waals surface area contributed by atoms with E-state index >= 15 is 0 Å². The van der Waals surface area contributed by atoms with E-state index in [9.17, 15) is 14.4 Å². The van der Waals surface area contributed by atoms with Crippen molar-refractivity contribution in [2.45, 2.75) is 194 Å². The van der Waals surface area contributed by atoms with Crippen LogP contribution in [0.3, 0.4) is 0 Å². The monoisotopic (exact) mass is 713 g/mol. The Morgan fingerprint density at radius 1 is 0.412 bits per heavy atom. The van der Waals surface area contributed by atoms with E-state index in [1.54, 1.807) is 0 Å². The average molecular weight is 713 g/mol. The molecule has 0 aromatic rings. The van der Waals surface area contributed by atoms with Crippen LogP contribution < -0.4 is 0 Å². The first-order chi connectivity index (χ1) is 25.0. The molecule has 0 rings (SSSR count). The molecule has 0 heterocycles. The summed E-state index contributed by atoms with van der Waals surface area (Å²) in [6.45, 7) is 6.36. The molecule has 0 aliphatic rings. The molecular weight excluding hydrogens is 636 g/mol. The molecule has 0 aromatic heterocycles. The Bertz CT molecular complexity index is 960. The van der Waals surface area contributed by atoms with E-state index in [0.717, 1.165) is 70.6 Å². The third-order valence-corrected chi connectivity index (χ3v) is 8.48. The second-order valence-electron chi connectivity index (χ2n) is 13.5. The summed E-state index contributed by atoms with van der Waals surface area (Å²) in [5.41, 5.74) is 0. The van der Waals surface area contributed by atoms with Gasteiger partial charge in [0.2, 0.25) is 0 Å². The van der Waals surface area contributed by atoms with Crippen molar-refractivity contribution in [3.8, 4) is 0 Å². The summed E-state index contributed by atoms with van der Waals surface area (Å²) in [5.74, 6) is -1.03. The Kier molecular flexibility index (Phi) is 37.6. The van der Waals surface area contributed by atoms with Crippen molar-refractivity contribution in [1.82, 2.24) is 0 Å². The highest BCUT2D eigenvalue weighted by Crippen LogP contribution is 2.11. The van der Waals surface area contributed by atoms with Crippen molar-refractivity contribution in [1.29, 1.82) is 0 Å². The van der Waals surface area contributed by atoms with Crippen molar-refractivity contribution >= 4 is 17.9 Å². The summed E-state index contributed by atoms with van der Waals surface area (Å²) in [7, 11) is 0. The van der Waals surface area contributed by atoms with Gasteiger partial charge in [-0.3, -0.25) is 14.4 Å². The number of unbranched alkanes of at least 4 members (excludes halogenated alkanes) is 15. The van der Waals surface area contributed by atoms with Crippen LogP contribution in [0.15, 0.2) is 60.8 Å². The normalized spacial score (nSPS) is 12.6. The summed E-state index contributed by atoms with van der Waals surface area (Å²) >= 11 is 0. The summed E-state index contributed by atoms with van der Waals surface area (Å²) in [6, 6.07) is 0. The van der Waals surface area contributed by atoms with Crippen LogP contribution in [-0.4, -0.2) is 37.2 Å².